The van der Waals surface area contributed by atoms with Crippen LogP contribution in [-0.4, -0.2) is 79.1 Å². The van der Waals surface area contributed by atoms with E-state index in [2.05, 4.69) is 4.90 Å². The Morgan fingerprint density at radius 3 is 2.10 bits per heavy atom. The van der Waals surface area contributed by atoms with Crippen LogP contribution in [0.5, 0.6) is 5.75 Å². The maximum Gasteiger partial charge on any atom is 0.419 e. The lowest BCUT2D eigenvalue weighted by molar-refractivity contribution is 0.000852. The van der Waals surface area contributed by atoms with Crippen LogP contribution in [0.25, 0.3) is 0 Å². The Bertz CT molecular complexity index is 968. The molecule has 39 heavy (non-hydrogen) atoms. The third kappa shape index (κ3) is 11.1. The topological polar surface area (TPSA) is 121 Å². The number of nitrogens with zero attached hydrogens (tertiary/aromatic N) is 2. The molecule has 0 aromatic heterocycles. The number of esters is 1. The van der Waals surface area contributed by atoms with Crippen LogP contribution in [0, 0.1) is 5.92 Å². The number of imide groups is 1. The molecule has 0 atom stereocenters. The van der Waals surface area contributed by atoms with E-state index in [-0.39, 0.29) is 23.7 Å². The Morgan fingerprint density at radius 1 is 1.03 bits per heavy atom. The molecule has 0 bridgehead atoms. The number of anilines is 1. The number of nitrogen functional groups attached to an aromatic ring is 1. The van der Waals surface area contributed by atoms with Crippen molar-refractivity contribution in [2.75, 3.05) is 45.6 Å². The molecule has 1 aliphatic heterocycles. The summed E-state index contributed by atoms with van der Waals surface area (Å²) in [6.07, 6.45) is 2.11. The van der Waals surface area contributed by atoms with Crippen LogP contribution in [0.1, 0.15) is 77.6 Å². The van der Waals surface area contributed by atoms with E-state index in [9.17, 15) is 14.4 Å². The summed E-state index contributed by atoms with van der Waals surface area (Å²) in [5, 5.41) is 0.269. The molecule has 2 rings (SSSR count). The lowest BCUT2D eigenvalue weighted by Crippen LogP contribution is -2.44. The van der Waals surface area contributed by atoms with Crippen molar-refractivity contribution in [1.82, 2.24) is 9.80 Å². The van der Waals surface area contributed by atoms with Gasteiger partial charge in [-0.25, -0.2) is 19.3 Å². The summed E-state index contributed by atoms with van der Waals surface area (Å²) in [5.41, 5.74) is 4.91. The molecule has 1 aliphatic rings. The van der Waals surface area contributed by atoms with Gasteiger partial charge in [-0.15, -0.1) is 0 Å². The molecular formula is C28H44ClN3O7. The van der Waals surface area contributed by atoms with E-state index >= 15 is 0 Å². The Balaban J connectivity index is 1.78. The van der Waals surface area contributed by atoms with Crippen molar-refractivity contribution in [1.29, 1.82) is 0 Å². The third-order valence-corrected chi connectivity index (χ3v) is 6.44. The molecule has 1 fully saturated rings. The van der Waals surface area contributed by atoms with Crippen molar-refractivity contribution in [2.45, 2.75) is 78.4 Å². The number of benzene rings is 1. The number of carbonyl (C=O) groups is 3. The van der Waals surface area contributed by atoms with E-state index in [1.54, 1.807) is 41.5 Å². The van der Waals surface area contributed by atoms with Gasteiger partial charge in [-0.3, -0.25) is 4.90 Å². The molecule has 220 valence electrons. The molecule has 0 spiro atoms. The van der Waals surface area contributed by atoms with Gasteiger partial charge >= 0.3 is 18.2 Å². The van der Waals surface area contributed by atoms with E-state index in [0.29, 0.717) is 30.3 Å². The smallest absolute Gasteiger partial charge is 0.419 e. The summed E-state index contributed by atoms with van der Waals surface area (Å²) >= 11 is 6.05. The SMILES string of the molecule is COc1cc(N)c(Cl)cc1C(=O)OCCN1CCC(CCCN(C(=O)OC(C)(C)C)C(=O)OC(C)(C)C)CC1. The van der Waals surface area contributed by atoms with Gasteiger partial charge in [0.2, 0.25) is 0 Å². The van der Waals surface area contributed by atoms with E-state index < -0.39 is 29.4 Å². The molecule has 1 heterocycles. The van der Waals surface area contributed by atoms with Gasteiger partial charge in [0, 0.05) is 19.2 Å². The Labute approximate surface area is 237 Å². The highest BCUT2D eigenvalue weighted by Gasteiger charge is 2.31. The van der Waals surface area contributed by atoms with Crippen LogP contribution in [0.4, 0.5) is 15.3 Å². The second-order valence-corrected chi connectivity index (χ2v) is 12.2. The largest absolute Gasteiger partial charge is 0.496 e. The van der Waals surface area contributed by atoms with Crippen LogP contribution >= 0.6 is 11.6 Å². The van der Waals surface area contributed by atoms with Crippen LogP contribution in [0.3, 0.4) is 0 Å². The predicted octanol–water partition coefficient (Wildman–Crippen LogP) is 5.75. The second-order valence-electron chi connectivity index (χ2n) is 11.7. The fourth-order valence-corrected chi connectivity index (χ4v) is 4.33. The summed E-state index contributed by atoms with van der Waals surface area (Å²) in [4.78, 5) is 41.1. The first kappa shape index (κ1) is 32.5. The fraction of sp³-hybridized carbons (Fsp3) is 0.679. The highest BCUT2D eigenvalue weighted by molar-refractivity contribution is 6.33. The number of hydrogen-bond donors (Lipinski definition) is 1. The minimum atomic E-state index is -0.716. The highest BCUT2D eigenvalue weighted by Crippen LogP contribution is 2.29. The Morgan fingerprint density at radius 2 is 1.59 bits per heavy atom. The number of hydrogen-bond acceptors (Lipinski definition) is 9. The maximum atomic E-state index is 12.7. The van der Waals surface area contributed by atoms with Crippen molar-refractivity contribution in [3.63, 3.8) is 0 Å². The second kappa shape index (κ2) is 14.1. The zero-order valence-corrected chi connectivity index (χ0v) is 25.1. The van der Waals surface area contributed by atoms with E-state index in [4.69, 9.17) is 36.3 Å². The molecule has 1 saturated heterocycles. The van der Waals surface area contributed by atoms with Gasteiger partial charge in [0.05, 0.1) is 17.8 Å². The molecule has 11 heteroatoms. The van der Waals surface area contributed by atoms with E-state index in [1.165, 1.54) is 19.2 Å². The summed E-state index contributed by atoms with van der Waals surface area (Å²) in [7, 11) is 1.45. The number of carbonyl (C=O) groups excluding carboxylic acids is 3. The molecular weight excluding hydrogens is 526 g/mol. The normalized spacial score (nSPS) is 15.0. The van der Waals surface area contributed by atoms with Gasteiger partial charge in [0.15, 0.2) is 0 Å². The summed E-state index contributed by atoms with van der Waals surface area (Å²) in [5.74, 6) is 0.284. The first-order valence-corrected chi connectivity index (χ1v) is 13.7. The average Bonchev–Trinajstić information content (AvgIpc) is 2.81. The summed E-state index contributed by atoms with van der Waals surface area (Å²) in [6, 6.07) is 2.96. The summed E-state index contributed by atoms with van der Waals surface area (Å²) in [6.45, 7) is 13.4. The third-order valence-electron chi connectivity index (χ3n) is 6.11. The number of amides is 2. The maximum absolute atomic E-state index is 12.7. The zero-order chi connectivity index (χ0) is 29.4. The molecule has 1 aromatic rings. The van der Waals surface area contributed by atoms with Crippen molar-refractivity contribution in [3.05, 3.63) is 22.7 Å². The minimum Gasteiger partial charge on any atom is -0.496 e. The molecule has 0 radical (unpaired) electrons. The monoisotopic (exact) mass is 569 g/mol. The minimum absolute atomic E-state index is 0.235. The number of likely N-dealkylation sites (tertiary alicyclic amines) is 1. The Hall–Kier alpha value is -2.72. The van der Waals surface area contributed by atoms with Gasteiger partial charge in [-0.05, 0) is 92.3 Å². The van der Waals surface area contributed by atoms with Crippen LogP contribution in [-0.2, 0) is 14.2 Å². The molecule has 10 nitrogen and oxygen atoms in total. The first-order valence-electron chi connectivity index (χ1n) is 13.4. The average molecular weight is 570 g/mol. The lowest BCUT2D eigenvalue weighted by atomic mass is 9.92. The predicted molar refractivity (Wildman–Crippen MR) is 150 cm³/mol. The fourth-order valence-electron chi connectivity index (χ4n) is 4.17. The number of ether oxygens (including phenoxy) is 4. The molecule has 0 aliphatic carbocycles. The van der Waals surface area contributed by atoms with E-state index in [0.717, 1.165) is 37.3 Å². The molecule has 2 N–H and O–H groups in total. The highest BCUT2D eigenvalue weighted by atomic mass is 35.5. The number of nitrogens with two attached hydrogens (primary N) is 1. The van der Waals surface area contributed by atoms with Crippen molar-refractivity contribution < 1.29 is 33.3 Å². The lowest BCUT2D eigenvalue weighted by Gasteiger charge is -2.32. The number of piperidine rings is 1. The van der Waals surface area contributed by atoms with Crippen molar-refractivity contribution in [3.8, 4) is 5.75 Å². The van der Waals surface area contributed by atoms with Gasteiger partial charge < -0.3 is 24.7 Å². The van der Waals surface area contributed by atoms with Gasteiger partial charge in [-0.1, -0.05) is 11.6 Å². The van der Waals surface area contributed by atoms with Crippen molar-refractivity contribution in [2.24, 2.45) is 5.92 Å². The zero-order valence-electron chi connectivity index (χ0n) is 24.3. The number of halogens is 1. The van der Waals surface area contributed by atoms with Crippen molar-refractivity contribution >= 4 is 35.4 Å². The van der Waals surface area contributed by atoms with Crippen LogP contribution < -0.4 is 10.5 Å². The quantitative estimate of drug-likeness (QED) is 0.225. The standard InChI is InChI=1S/C28H44ClN3O7/c1-27(2,3)38-25(34)32(26(35)39-28(4,5)6)12-8-9-19-10-13-31(14-11-19)15-16-37-24(33)20-17-21(29)22(30)18-23(20)36-7/h17-19H,8-16,30H2,1-7H3. The van der Waals surface area contributed by atoms with Crippen LogP contribution in [0.2, 0.25) is 5.02 Å². The molecule has 2 amide bonds. The Kier molecular flexibility index (Phi) is 11.7. The summed E-state index contributed by atoms with van der Waals surface area (Å²) < 4.78 is 21.5. The number of rotatable bonds is 9. The van der Waals surface area contributed by atoms with Gasteiger partial charge in [-0.2, -0.15) is 0 Å². The van der Waals surface area contributed by atoms with Gasteiger partial charge in [0.25, 0.3) is 0 Å². The molecule has 1 aromatic carbocycles. The number of methoxy groups -OCH3 is 1. The van der Waals surface area contributed by atoms with Gasteiger partial charge in [0.1, 0.15) is 29.1 Å². The first-order chi connectivity index (χ1) is 18.1. The van der Waals surface area contributed by atoms with Crippen LogP contribution in [0.15, 0.2) is 12.1 Å². The molecule has 0 unspecified atom stereocenters. The molecule has 0 saturated carbocycles. The van der Waals surface area contributed by atoms with E-state index in [1.807, 2.05) is 0 Å².